The molecule has 1 unspecified atom stereocenters. The van der Waals surface area contributed by atoms with E-state index in [1.165, 1.54) is 5.56 Å². The van der Waals surface area contributed by atoms with Crippen molar-refractivity contribution in [1.29, 1.82) is 0 Å². The van der Waals surface area contributed by atoms with Gasteiger partial charge in [-0.2, -0.15) is 0 Å². The van der Waals surface area contributed by atoms with E-state index in [1.807, 2.05) is 63.9 Å². The summed E-state index contributed by atoms with van der Waals surface area (Å²) >= 11 is 0. The number of hydrogen-bond acceptors (Lipinski definition) is 2. The Labute approximate surface area is 158 Å². The van der Waals surface area contributed by atoms with Crippen molar-refractivity contribution < 1.29 is 22.2 Å². The number of aliphatic hydroxyl groups excluding tert-OH is 1. The zero-order valence-electron chi connectivity index (χ0n) is 13.8. The van der Waals surface area contributed by atoms with Gasteiger partial charge >= 0.3 is 17.1 Å². The van der Waals surface area contributed by atoms with E-state index in [0.29, 0.717) is 6.04 Å². The molecule has 124 valence electrons. The van der Waals surface area contributed by atoms with Crippen molar-refractivity contribution in [3.05, 3.63) is 99.6 Å². The predicted molar refractivity (Wildman–Crippen MR) is 93.3 cm³/mol. The number of benzene rings is 1. The summed E-state index contributed by atoms with van der Waals surface area (Å²) in [5.74, 6) is 1.03. The second-order valence-electron chi connectivity index (χ2n) is 5.98. The third-order valence-electron chi connectivity index (χ3n) is 4.42. The van der Waals surface area contributed by atoms with Crippen LogP contribution in [0, 0.1) is 63.7 Å². The molecule has 4 rings (SSSR count). The Kier molecular flexibility index (Phi) is 8.30. The van der Waals surface area contributed by atoms with Crippen LogP contribution in [0.1, 0.15) is 18.5 Å². The van der Waals surface area contributed by atoms with E-state index in [2.05, 4.69) is 36.1 Å². The molecule has 0 amide bonds. The molecule has 2 aliphatic carbocycles. The molecule has 24 heavy (non-hydrogen) atoms. The van der Waals surface area contributed by atoms with Gasteiger partial charge in [-0.25, -0.2) is 0 Å². The molecule has 0 spiro atoms. The summed E-state index contributed by atoms with van der Waals surface area (Å²) in [5, 5.41) is 10.3. The first-order valence-corrected chi connectivity index (χ1v) is 8.14. The third kappa shape index (κ3) is 5.33. The van der Waals surface area contributed by atoms with Crippen LogP contribution in [-0.2, 0) is 17.1 Å². The normalized spacial score (nSPS) is 28.4. The van der Waals surface area contributed by atoms with Crippen molar-refractivity contribution in [2.45, 2.75) is 25.1 Å². The molecule has 0 bridgehead atoms. The topological polar surface area (TPSA) is 23.2 Å². The van der Waals surface area contributed by atoms with Gasteiger partial charge in [0, 0.05) is 24.5 Å². The van der Waals surface area contributed by atoms with Gasteiger partial charge in [0.05, 0.1) is 6.10 Å². The summed E-state index contributed by atoms with van der Waals surface area (Å²) in [5.41, 5.74) is 1.31. The third-order valence-corrected chi connectivity index (χ3v) is 4.42. The van der Waals surface area contributed by atoms with Crippen molar-refractivity contribution in [3.8, 4) is 0 Å². The van der Waals surface area contributed by atoms with Gasteiger partial charge in [-0.1, -0.05) is 30.3 Å². The van der Waals surface area contributed by atoms with Crippen molar-refractivity contribution >= 4 is 0 Å². The maximum absolute atomic E-state index is 10.3. The first kappa shape index (κ1) is 20.0. The smallest absolute Gasteiger partial charge is 0.391 e. The standard InChI is InChI=1S/C16H18NO.C5H5.Fe/c1-12(13-7-3-2-4-8-13)17-11-15(17)16(18)14-9-5-6-10-14;1-2-4-5-3-1;/h2-10,12,15-16,18H,11H2,1H3;1-5H;/q;;+2/t12-,15+,16+,17?;;/m1../s1. The first-order chi connectivity index (χ1) is 11.3. The Morgan fingerprint density at radius 1 is 0.917 bits per heavy atom. The van der Waals surface area contributed by atoms with Crippen molar-refractivity contribution in [2.24, 2.45) is 0 Å². The minimum Gasteiger partial charge on any atom is -0.391 e. The Morgan fingerprint density at radius 3 is 2.00 bits per heavy atom. The van der Waals surface area contributed by atoms with Gasteiger partial charge in [0.15, 0.2) is 0 Å². The van der Waals surface area contributed by atoms with Crippen LogP contribution >= 0.6 is 0 Å². The fourth-order valence-electron chi connectivity index (χ4n) is 2.95. The molecule has 2 saturated carbocycles. The average Bonchev–Trinajstić information content (AvgIpc) is 3.04. The van der Waals surface area contributed by atoms with E-state index in [0.717, 1.165) is 12.5 Å². The molecule has 0 aromatic heterocycles. The van der Waals surface area contributed by atoms with E-state index in [9.17, 15) is 5.11 Å². The SMILES string of the molecule is C[C@H](c1ccccc1)N1C[C@H]1[C@@H](O)[C]1[CH][CH][CH][CH]1.[CH]1[CH][CH][CH][CH]1.[Fe+2]. The molecule has 3 heteroatoms. The minimum atomic E-state index is -0.355. The molecule has 2 nitrogen and oxygen atoms in total. The van der Waals surface area contributed by atoms with Crippen LogP contribution in [-0.4, -0.2) is 28.7 Å². The van der Waals surface area contributed by atoms with Gasteiger partial charge in [-0.15, -0.1) is 0 Å². The quantitative estimate of drug-likeness (QED) is 0.658. The van der Waals surface area contributed by atoms with E-state index in [-0.39, 0.29) is 29.2 Å². The number of aliphatic hydroxyl groups is 1. The summed E-state index contributed by atoms with van der Waals surface area (Å²) in [4.78, 5) is 2.34. The van der Waals surface area contributed by atoms with Crippen LogP contribution in [0.25, 0.3) is 0 Å². The number of nitrogens with zero attached hydrogens (tertiary/aromatic N) is 1. The van der Waals surface area contributed by atoms with Crippen LogP contribution in [0.5, 0.6) is 0 Å². The summed E-state index contributed by atoms with van der Waals surface area (Å²) in [6.07, 6.45) is 17.6. The van der Waals surface area contributed by atoms with Crippen LogP contribution in [0.15, 0.2) is 30.3 Å². The number of rotatable bonds is 4. The molecule has 3 fully saturated rings. The van der Waals surface area contributed by atoms with Crippen LogP contribution in [0.2, 0.25) is 0 Å². The minimum absolute atomic E-state index is 0. The molecule has 1 aliphatic heterocycles. The van der Waals surface area contributed by atoms with Crippen LogP contribution in [0.3, 0.4) is 0 Å². The molecule has 1 saturated heterocycles. The molecule has 4 atom stereocenters. The zero-order chi connectivity index (χ0) is 16.1. The summed E-state index contributed by atoms with van der Waals surface area (Å²) in [6.45, 7) is 3.18. The fourth-order valence-corrected chi connectivity index (χ4v) is 2.95. The van der Waals surface area contributed by atoms with E-state index in [1.54, 1.807) is 0 Å². The van der Waals surface area contributed by atoms with Gasteiger partial charge in [-0.3, -0.25) is 4.90 Å². The summed E-state index contributed by atoms with van der Waals surface area (Å²) in [6, 6.07) is 11.1. The van der Waals surface area contributed by atoms with Gasteiger partial charge in [-0.05, 0) is 70.3 Å². The van der Waals surface area contributed by atoms with E-state index < -0.39 is 0 Å². The molecular formula is C21H23FeNO+2. The monoisotopic (exact) mass is 361 g/mol. The Morgan fingerprint density at radius 2 is 1.46 bits per heavy atom. The summed E-state index contributed by atoms with van der Waals surface area (Å²) in [7, 11) is 0. The molecule has 1 heterocycles. The molecule has 1 aromatic carbocycles. The maximum atomic E-state index is 10.3. The van der Waals surface area contributed by atoms with Crippen LogP contribution < -0.4 is 0 Å². The second-order valence-corrected chi connectivity index (χ2v) is 5.98. The van der Waals surface area contributed by atoms with E-state index in [4.69, 9.17) is 0 Å². The van der Waals surface area contributed by atoms with Gasteiger partial charge < -0.3 is 5.11 Å². The zero-order valence-corrected chi connectivity index (χ0v) is 14.9. The van der Waals surface area contributed by atoms with Crippen molar-refractivity contribution in [1.82, 2.24) is 4.90 Å². The summed E-state index contributed by atoms with van der Waals surface area (Å²) < 4.78 is 0. The maximum Gasteiger partial charge on any atom is 2.00 e. The number of hydrogen-bond donors (Lipinski definition) is 1. The largest absolute Gasteiger partial charge is 2.00 e. The molecular weight excluding hydrogens is 338 g/mol. The predicted octanol–water partition coefficient (Wildman–Crippen LogP) is 3.22. The Balaban J connectivity index is 0.000000300. The van der Waals surface area contributed by atoms with Gasteiger partial charge in [0.2, 0.25) is 0 Å². The molecule has 10 radical (unpaired) electrons. The Bertz CT molecular complexity index is 449. The Hall–Kier alpha value is -0.341. The second kappa shape index (κ2) is 9.97. The van der Waals surface area contributed by atoms with Crippen molar-refractivity contribution in [2.75, 3.05) is 6.54 Å². The van der Waals surface area contributed by atoms with Gasteiger partial charge in [0.25, 0.3) is 0 Å². The average molecular weight is 361 g/mol. The van der Waals surface area contributed by atoms with Crippen molar-refractivity contribution in [3.63, 3.8) is 0 Å². The van der Waals surface area contributed by atoms with E-state index >= 15 is 0 Å². The molecule has 1 aromatic rings. The molecule has 3 aliphatic rings. The molecule has 1 N–H and O–H groups in total. The first-order valence-electron chi connectivity index (χ1n) is 8.14. The fraction of sp³-hybridized carbons (Fsp3) is 0.238. The van der Waals surface area contributed by atoms with Crippen LogP contribution in [0.4, 0.5) is 0 Å². The van der Waals surface area contributed by atoms with Gasteiger partial charge in [0.1, 0.15) is 0 Å².